The molecule has 1 heterocycles. The summed E-state index contributed by atoms with van der Waals surface area (Å²) >= 11 is 0. The highest BCUT2D eigenvalue weighted by Gasteiger charge is 2.39. The van der Waals surface area contributed by atoms with Crippen molar-refractivity contribution in [2.45, 2.75) is 51.1 Å². The third-order valence-corrected chi connectivity index (χ3v) is 4.71. The highest BCUT2D eigenvalue weighted by Crippen LogP contribution is 2.34. The van der Waals surface area contributed by atoms with Crippen LogP contribution in [0.5, 0.6) is 0 Å². The maximum absolute atomic E-state index is 14.0. The molecule has 0 amide bonds. The van der Waals surface area contributed by atoms with Gasteiger partial charge in [-0.15, -0.1) is 0 Å². The fourth-order valence-corrected chi connectivity index (χ4v) is 3.58. The van der Waals surface area contributed by atoms with Gasteiger partial charge in [0.1, 0.15) is 11.6 Å². The molecule has 1 aromatic rings. The smallest absolute Gasteiger partial charge is 0.185 e. The Morgan fingerprint density at radius 3 is 2.75 bits per heavy atom. The molecule has 0 radical (unpaired) electrons. The van der Waals surface area contributed by atoms with E-state index in [1.807, 2.05) is 0 Å². The number of carbonyl (C=O) groups excluding carboxylic acids is 1. The van der Waals surface area contributed by atoms with Crippen molar-refractivity contribution >= 4 is 5.78 Å². The van der Waals surface area contributed by atoms with Gasteiger partial charge in [0.05, 0.1) is 11.6 Å². The van der Waals surface area contributed by atoms with Gasteiger partial charge in [-0.3, -0.25) is 4.79 Å². The SMILES string of the molecule is Cc1ccc(F)c(C(=O)C2CC3CCCCC3N2)c1F. The van der Waals surface area contributed by atoms with Crippen molar-refractivity contribution in [3.05, 3.63) is 34.9 Å². The molecule has 1 saturated carbocycles. The van der Waals surface area contributed by atoms with E-state index in [1.165, 1.54) is 25.0 Å². The average molecular weight is 279 g/mol. The van der Waals surface area contributed by atoms with Gasteiger partial charge in [0.15, 0.2) is 5.78 Å². The van der Waals surface area contributed by atoms with Gasteiger partial charge in [-0.05, 0) is 43.7 Å². The lowest BCUT2D eigenvalue weighted by molar-refractivity contribution is 0.0940. The third-order valence-electron chi connectivity index (χ3n) is 4.71. The maximum Gasteiger partial charge on any atom is 0.185 e. The van der Waals surface area contributed by atoms with Crippen LogP contribution in [-0.4, -0.2) is 17.9 Å². The molecule has 2 fully saturated rings. The molecule has 3 unspecified atom stereocenters. The molecule has 1 aromatic carbocycles. The van der Waals surface area contributed by atoms with Gasteiger partial charge in [-0.1, -0.05) is 18.9 Å². The summed E-state index contributed by atoms with van der Waals surface area (Å²) in [6, 6.07) is 2.44. The zero-order valence-corrected chi connectivity index (χ0v) is 11.6. The first-order chi connectivity index (χ1) is 9.58. The number of rotatable bonds is 2. The molecular formula is C16H19F2NO. The van der Waals surface area contributed by atoms with Gasteiger partial charge in [0, 0.05) is 6.04 Å². The van der Waals surface area contributed by atoms with Gasteiger partial charge in [-0.25, -0.2) is 8.78 Å². The summed E-state index contributed by atoms with van der Waals surface area (Å²) in [5.41, 5.74) is -0.0636. The molecule has 0 spiro atoms. The van der Waals surface area contributed by atoms with E-state index >= 15 is 0 Å². The molecule has 2 aliphatic rings. The molecular weight excluding hydrogens is 260 g/mol. The minimum atomic E-state index is -0.755. The van der Waals surface area contributed by atoms with Crippen molar-refractivity contribution in [1.82, 2.24) is 5.32 Å². The maximum atomic E-state index is 14.0. The highest BCUT2D eigenvalue weighted by atomic mass is 19.1. The van der Waals surface area contributed by atoms with Gasteiger partial charge >= 0.3 is 0 Å². The Labute approximate surface area is 117 Å². The zero-order valence-electron chi connectivity index (χ0n) is 11.6. The molecule has 1 aliphatic heterocycles. The summed E-state index contributed by atoms with van der Waals surface area (Å²) in [4.78, 5) is 12.4. The molecule has 3 atom stereocenters. The van der Waals surface area contributed by atoms with Crippen molar-refractivity contribution < 1.29 is 13.6 Å². The Balaban J connectivity index is 1.85. The largest absolute Gasteiger partial charge is 0.304 e. The second kappa shape index (κ2) is 5.24. The zero-order chi connectivity index (χ0) is 14.3. The van der Waals surface area contributed by atoms with Crippen LogP contribution in [0.15, 0.2) is 12.1 Å². The summed E-state index contributed by atoms with van der Waals surface area (Å²) in [5, 5.41) is 3.28. The first-order valence-corrected chi connectivity index (χ1v) is 7.33. The topological polar surface area (TPSA) is 29.1 Å². The summed E-state index contributed by atoms with van der Waals surface area (Å²) in [6.45, 7) is 1.55. The number of carbonyl (C=O) groups is 1. The van der Waals surface area contributed by atoms with Gasteiger partial charge in [0.25, 0.3) is 0 Å². The molecule has 4 heteroatoms. The van der Waals surface area contributed by atoms with Crippen LogP contribution in [0.3, 0.4) is 0 Å². The number of halogens is 2. The third kappa shape index (κ3) is 2.26. The Morgan fingerprint density at radius 2 is 2.00 bits per heavy atom. The standard InChI is InChI=1S/C16H19F2NO/c1-9-6-7-11(17)14(15(9)18)16(20)13-8-10-4-2-3-5-12(10)19-13/h6-7,10,12-13,19H,2-5,8H2,1H3. The quantitative estimate of drug-likeness (QED) is 0.841. The fourth-order valence-electron chi connectivity index (χ4n) is 3.58. The van der Waals surface area contributed by atoms with Crippen LogP contribution in [0.2, 0.25) is 0 Å². The van der Waals surface area contributed by atoms with E-state index in [0.717, 1.165) is 12.8 Å². The molecule has 1 N–H and O–H groups in total. The molecule has 1 saturated heterocycles. The van der Waals surface area contributed by atoms with Crippen LogP contribution < -0.4 is 5.32 Å². The number of fused-ring (bicyclic) bond motifs is 1. The molecule has 0 bridgehead atoms. The van der Waals surface area contributed by atoms with E-state index in [4.69, 9.17) is 0 Å². The van der Waals surface area contributed by atoms with E-state index < -0.39 is 23.5 Å². The Hall–Kier alpha value is -1.29. The lowest BCUT2D eigenvalue weighted by Gasteiger charge is -2.24. The van der Waals surface area contributed by atoms with E-state index in [1.54, 1.807) is 6.92 Å². The molecule has 1 aliphatic carbocycles. The number of benzene rings is 1. The minimum Gasteiger partial charge on any atom is -0.304 e. The van der Waals surface area contributed by atoms with E-state index in [2.05, 4.69) is 5.32 Å². The molecule has 20 heavy (non-hydrogen) atoms. The first-order valence-electron chi connectivity index (χ1n) is 7.33. The highest BCUT2D eigenvalue weighted by molar-refractivity contribution is 6.01. The summed E-state index contributed by atoms with van der Waals surface area (Å²) in [6.07, 6.45) is 5.24. The predicted octanol–water partition coefficient (Wildman–Crippen LogP) is 3.38. The summed E-state index contributed by atoms with van der Waals surface area (Å²) in [5.74, 6) is -1.42. The number of hydrogen-bond acceptors (Lipinski definition) is 2. The number of ketones is 1. The second-order valence-corrected chi connectivity index (χ2v) is 6.02. The molecule has 0 aromatic heterocycles. The van der Waals surface area contributed by atoms with Gasteiger partial charge in [-0.2, -0.15) is 0 Å². The van der Waals surface area contributed by atoms with Crippen molar-refractivity contribution in [3.63, 3.8) is 0 Å². The lowest BCUT2D eigenvalue weighted by Crippen LogP contribution is -2.37. The van der Waals surface area contributed by atoms with Crippen LogP contribution in [0, 0.1) is 24.5 Å². The van der Waals surface area contributed by atoms with Crippen molar-refractivity contribution in [2.75, 3.05) is 0 Å². The average Bonchev–Trinajstić information content (AvgIpc) is 2.87. The van der Waals surface area contributed by atoms with Crippen molar-refractivity contribution in [3.8, 4) is 0 Å². The monoisotopic (exact) mass is 279 g/mol. The Bertz CT molecular complexity index is 530. The van der Waals surface area contributed by atoms with E-state index in [0.29, 0.717) is 23.9 Å². The number of aryl methyl sites for hydroxylation is 1. The van der Waals surface area contributed by atoms with Crippen molar-refractivity contribution in [2.24, 2.45) is 5.92 Å². The van der Waals surface area contributed by atoms with Crippen LogP contribution >= 0.6 is 0 Å². The lowest BCUT2D eigenvalue weighted by atomic mass is 9.84. The molecule has 108 valence electrons. The minimum absolute atomic E-state index is 0.310. The van der Waals surface area contributed by atoms with Crippen molar-refractivity contribution in [1.29, 1.82) is 0 Å². The second-order valence-electron chi connectivity index (χ2n) is 6.02. The Kier molecular flexibility index (Phi) is 3.59. The number of hydrogen-bond donors (Lipinski definition) is 1. The van der Waals surface area contributed by atoms with Gasteiger partial charge < -0.3 is 5.32 Å². The van der Waals surface area contributed by atoms with Crippen LogP contribution in [0.25, 0.3) is 0 Å². The van der Waals surface area contributed by atoms with Gasteiger partial charge in [0.2, 0.25) is 0 Å². The molecule has 3 rings (SSSR count). The normalized spacial score (nSPS) is 29.2. The van der Waals surface area contributed by atoms with E-state index in [9.17, 15) is 13.6 Å². The summed E-state index contributed by atoms with van der Waals surface area (Å²) < 4.78 is 27.9. The van der Waals surface area contributed by atoms with Crippen LogP contribution in [-0.2, 0) is 0 Å². The van der Waals surface area contributed by atoms with Crippen LogP contribution in [0.4, 0.5) is 8.78 Å². The molecule has 2 nitrogen and oxygen atoms in total. The van der Waals surface area contributed by atoms with E-state index in [-0.39, 0.29) is 5.56 Å². The Morgan fingerprint density at radius 1 is 1.25 bits per heavy atom. The summed E-state index contributed by atoms with van der Waals surface area (Å²) in [7, 11) is 0. The predicted molar refractivity (Wildman–Crippen MR) is 72.7 cm³/mol. The number of Topliss-reactive ketones (excluding diaryl/α,β-unsaturated/α-hetero) is 1. The fraction of sp³-hybridized carbons (Fsp3) is 0.562. The number of nitrogens with one attached hydrogen (secondary N) is 1. The van der Waals surface area contributed by atoms with Crippen LogP contribution in [0.1, 0.15) is 48.0 Å². The first kappa shape index (κ1) is 13.7.